The summed E-state index contributed by atoms with van der Waals surface area (Å²) in [6, 6.07) is 13.8. The van der Waals surface area contributed by atoms with Gasteiger partial charge >= 0.3 is 0 Å². The molecule has 0 atom stereocenters. The molecule has 0 saturated heterocycles. The van der Waals surface area contributed by atoms with Gasteiger partial charge in [0.15, 0.2) is 11.5 Å². The number of hydrogen-bond donors (Lipinski definition) is 2. The van der Waals surface area contributed by atoms with Crippen molar-refractivity contribution in [2.45, 2.75) is 27.2 Å². The Bertz CT molecular complexity index is 989. The summed E-state index contributed by atoms with van der Waals surface area (Å²) in [6.45, 7) is 6.25. The Morgan fingerprint density at radius 1 is 1.06 bits per heavy atom. The van der Waals surface area contributed by atoms with Crippen molar-refractivity contribution in [3.63, 3.8) is 0 Å². The molecular formula is C24H27N3O4. The third-order valence-electron chi connectivity index (χ3n) is 4.28. The van der Waals surface area contributed by atoms with Crippen molar-refractivity contribution in [3.8, 4) is 17.6 Å². The molecule has 0 aliphatic carbocycles. The predicted molar refractivity (Wildman–Crippen MR) is 121 cm³/mol. The zero-order valence-corrected chi connectivity index (χ0v) is 18.2. The van der Waals surface area contributed by atoms with Crippen LogP contribution in [0.15, 0.2) is 48.0 Å². The zero-order valence-electron chi connectivity index (χ0n) is 18.2. The van der Waals surface area contributed by atoms with Gasteiger partial charge in [-0.1, -0.05) is 19.9 Å². The Balaban J connectivity index is 2.12. The summed E-state index contributed by atoms with van der Waals surface area (Å²) in [5, 5.41) is 14.8. The topological polar surface area (TPSA) is 100 Å². The fourth-order valence-electron chi connectivity index (χ4n) is 2.65. The number of methoxy groups -OCH3 is 1. The van der Waals surface area contributed by atoms with Gasteiger partial charge < -0.3 is 20.1 Å². The van der Waals surface area contributed by atoms with Gasteiger partial charge in [0.25, 0.3) is 5.91 Å². The molecule has 2 rings (SSSR count). The average Bonchev–Trinajstić information content (AvgIpc) is 2.73. The average molecular weight is 421 g/mol. The number of hydrogen-bond acceptors (Lipinski definition) is 5. The molecule has 0 spiro atoms. The molecule has 2 aromatic rings. The molecule has 0 saturated carbocycles. The number of nitrogens with one attached hydrogen (secondary N) is 2. The number of ether oxygens (including phenoxy) is 2. The van der Waals surface area contributed by atoms with Crippen LogP contribution in [-0.4, -0.2) is 25.5 Å². The maximum atomic E-state index is 12.5. The van der Waals surface area contributed by atoms with Crippen molar-refractivity contribution in [1.29, 1.82) is 5.26 Å². The van der Waals surface area contributed by atoms with Crippen LogP contribution >= 0.6 is 0 Å². The minimum atomic E-state index is -0.536. The summed E-state index contributed by atoms with van der Waals surface area (Å²) in [5.74, 6) is 0.960. The Labute approximate surface area is 182 Å². The predicted octanol–water partition coefficient (Wildman–Crippen LogP) is 4.62. The lowest BCUT2D eigenvalue weighted by molar-refractivity contribution is -0.114. The van der Waals surface area contributed by atoms with E-state index in [1.165, 1.54) is 13.0 Å². The lowest BCUT2D eigenvalue weighted by atomic mass is 10.1. The molecule has 0 unspecified atom stereocenters. The van der Waals surface area contributed by atoms with E-state index in [-0.39, 0.29) is 11.5 Å². The number of carbonyl (C=O) groups excluding carboxylic acids is 2. The van der Waals surface area contributed by atoms with E-state index in [2.05, 4.69) is 24.5 Å². The second-order valence-corrected chi connectivity index (χ2v) is 7.32. The van der Waals surface area contributed by atoms with Gasteiger partial charge in [-0.15, -0.1) is 0 Å². The first-order valence-corrected chi connectivity index (χ1v) is 9.94. The van der Waals surface area contributed by atoms with Crippen molar-refractivity contribution in [3.05, 3.63) is 53.6 Å². The molecule has 2 aromatic carbocycles. The summed E-state index contributed by atoms with van der Waals surface area (Å²) in [5.41, 5.74) is 1.71. The molecule has 0 aliphatic heterocycles. The van der Waals surface area contributed by atoms with E-state index in [0.29, 0.717) is 41.0 Å². The van der Waals surface area contributed by atoms with E-state index in [0.717, 1.165) is 6.42 Å². The highest BCUT2D eigenvalue weighted by Crippen LogP contribution is 2.29. The Morgan fingerprint density at radius 2 is 1.71 bits per heavy atom. The van der Waals surface area contributed by atoms with Gasteiger partial charge in [-0.2, -0.15) is 5.26 Å². The fourth-order valence-corrected chi connectivity index (χ4v) is 2.65. The van der Waals surface area contributed by atoms with E-state index >= 15 is 0 Å². The molecule has 2 N–H and O–H groups in total. The third-order valence-corrected chi connectivity index (χ3v) is 4.28. The number of nitriles is 1. The number of rotatable bonds is 9. The summed E-state index contributed by atoms with van der Waals surface area (Å²) in [6.07, 6.45) is 2.41. The molecule has 7 nitrogen and oxygen atoms in total. The smallest absolute Gasteiger partial charge is 0.266 e. The van der Waals surface area contributed by atoms with Crippen LogP contribution in [0.2, 0.25) is 0 Å². The highest BCUT2D eigenvalue weighted by atomic mass is 16.5. The summed E-state index contributed by atoms with van der Waals surface area (Å²) >= 11 is 0. The molecular weight excluding hydrogens is 394 g/mol. The fraction of sp³-hybridized carbons (Fsp3) is 0.292. The standard InChI is InChI=1S/C24H27N3O4/c1-16(2)11-12-31-22-10-5-18(14-23(22)30-4)13-19(15-25)24(29)27-21-8-6-20(7-9-21)26-17(3)28/h5-10,13-14,16H,11-12H2,1-4H3,(H,26,28)(H,27,29)/b19-13+. The second-order valence-electron chi connectivity index (χ2n) is 7.32. The van der Waals surface area contributed by atoms with Gasteiger partial charge in [0, 0.05) is 18.3 Å². The van der Waals surface area contributed by atoms with E-state index < -0.39 is 5.91 Å². The van der Waals surface area contributed by atoms with Crippen LogP contribution in [0, 0.1) is 17.2 Å². The Kier molecular flexibility index (Phi) is 8.64. The second kappa shape index (κ2) is 11.4. The van der Waals surface area contributed by atoms with Gasteiger partial charge in [0.05, 0.1) is 13.7 Å². The largest absolute Gasteiger partial charge is 0.493 e. The molecule has 0 radical (unpaired) electrons. The zero-order chi connectivity index (χ0) is 22.8. The summed E-state index contributed by atoms with van der Waals surface area (Å²) < 4.78 is 11.2. The van der Waals surface area contributed by atoms with Crippen molar-refractivity contribution < 1.29 is 19.1 Å². The highest BCUT2D eigenvalue weighted by molar-refractivity contribution is 6.09. The van der Waals surface area contributed by atoms with Crippen LogP contribution in [-0.2, 0) is 9.59 Å². The first kappa shape index (κ1) is 23.5. The molecule has 7 heteroatoms. The maximum absolute atomic E-state index is 12.5. The van der Waals surface area contributed by atoms with Crippen LogP contribution in [0.4, 0.5) is 11.4 Å². The van der Waals surface area contributed by atoms with Crippen molar-refractivity contribution >= 4 is 29.3 Å². The van der Waals surface area contributed by atoms with Crippen molar-refractivity contribution in [2.75, 3.05) is 24.4 Å². The number of anilines is 2. The van der Waals surface area contributed by atoms with Crippen molar-refractivity contribution in [1.82, 2.24) is 0 Å². The number of carbonyl (C=O) groups is 2. The van der Waals surface area contributed by atoms with Crippen LogP contribution in [0.1, 0.15) is 32.8 Å². The lowest BCUT2D eigenvalue weighted by Crippen LogP contribution is -2.13. The molecule has 0 aromatic heterocycles. The minimum absolute atomic E-state index is 0.0542. The van der Waals surface area contributed by atoms with E-state index in [9.17, 15) is 14.9 Å². The maximum Gasteiger partial charge on any atom is 0.266 e. The minimum Gasteiger partial charge on any atom is -0.493 e. The molecule has 162 valence electrons. The number of benzene rings is 2. The SMILES string of the molecule is COc1cc(/C=C(\C#N)C(=O)Nc2ccc(NC(C)=O)cc2)ccc1OCCC(C)C. The van der Waals surface area contributed by atoms with Gasteiger partial charge in [-0.3, -0.25) is 9.59 Å². The van der Waals surface area contributed by atoms with Gasteiger partial charge in [0.1, 0.15) is 11.6 Å². The molecule has 0 aliphatic rings. The summed E-state index contributed by atoms with van der Waals surface area (Å²) in [4.78, 5) is 23.6. The van der Waals surface area contributed by atoms with E-state index in [1.54, 1.807) is 49.6 Å². The van der Waals surface area contributed by atoms with Crippen LogP contribution in [0.3, 0.4) is 0 Å². The number of nitrogens with zero attached hydrogens (tertiary/aromatic N) is 1. The molecule has 0 fully saturated rings. The van der Waals surface area contributed by atoms with Crippen LogP contribution < -0.4 is 20.1 Å². The molecule has 2 amide bonds. The molecule has 31 heavy (non-hydrogen) atoms. The van der Waals surface area contributed by atoms with Gasteiger partial charge in [-0.25, -0.2) is 0 Å². The van der Waals surface area contributed by atoms with Crippen LogP contribution in [0.25, 0.3) is 6.08 Å². The first-order valence-electron chi connectivity index (χ1n) is 9.94. The lowest BCUT2D eigenvalue weighted by Gasteiger charge is -2.12. The van der Waals surface area contributed by atoms with Gasteiger partial charge in [-0.05, 0) is 60.4 Å². The summed E-state index contributed by atoms with van der Waals surface area (Å²) in [7, 11) is 1.54. The molecule has 0 heterocycles. The van der Waals surface area contributed by atoms with E-state index in [4.69, 9.17) is 9.47 Å². The quantitative estimate of drug-likeness (QED) is 0.454. The third kappa shape index (κ3) is 7.52. The Hall–Kier alpha value is -3.79. The van der Waals surface area contributed by atoms with Crippen molar-refractivity contribution in [2.24, 2.45) is 5.92 Å². The number of amides is 2. The van der Waals surface area contributed by atoms with Crippen LogP contribution in [0.5, 0.6) is 11.5 Å². The first-order chi connectivity index (χ1) is 14.8. The van der Waals surface area contributed by atoms with E-state index in [1.807, 2.05) is 6.07 Å². The highest BCUT2D eigenvalue weighted by Gasteiger charge is 2.12. The normalized spacial score (nSPS) is 10.9. The Morgan fingerprint density at radius 3 is 2.26 bits per heavy atom. The molecule has 0 bridgehead atoms. The monoisotopic (exact) mass is 421 g/mol. The van der Waals surface area contributed by atoms with Gasteiger partial charge in [0.2, 0.25) is 5.91 Å².